The predicted molar refractivity (Wildman–Crippen MR) is 131 cm³/mol. The lowest BCUT2D eigenvalue weighted by molar-refractivity contribution is -0.118. The van der Waals surface area contributed by atoms with E-state index in [1.54, 1.807) is 54.0 Å². The third-order valence-electron chi connectivity index (χ3n) is 5.05. The summed E-state index contributed by atoms with van der Waals surface area (Å²) in [5.74, 6) is -0.188. The molecule has 7 nitrogen and oxygen atoms in total. The second-order valence-corrected chi connectivity index (χ2v) is 8.35. The number of aryl methyl sites for hydroxylation is 1. The molecule has 33 heavy (non-hydrogen) atoms. The number of rotatable bonds is 6. The molecular formula is C25H22N4O3S. The van der Waals surface area contributed by atoms with E-state index in [-0.39, 0.29) is 23.0 Å². The summed E-state index contributed by atoms with van der Waals surface area (Å²) in [6.07, 6.45) is 0. The summed E-state index contributed by atoms with van der Waals surface area (Å²) in [5, 5.41) is 14.7. The topological polar surface area (TPSA) is 96.6 Å². The Labute approximate surface area is 194 Å². The van der Waals surface area contributed by atoms with Crippen molar-refractivity contribution in [2.24, 2.45) is 5.10 Å². The maximum atomic E-state index is 13.3. The highest BCUT2D eigenvalue weighted by Gasteiger charge is 2.16. The number of hydrazone groups is 1. The number of phenolic OH excluding ortho intramolecular Hbond substituents is 1. The summed E-state index contributed by atoms with van der Waals surface area (Å²) in [6.45, 7) is 3.67. The molecule has 0 spiro atoms. The molecule has 0 radical (unpaired) electrons. The van der Waals surface area contributed by atoms with Crippen molar-refractivity contribution in [1.29, 1.82) is 0 Å². The van der Waals surface area contributed by atoms with Gasteiger partial charge in [0, 0.05) is 5.56 Å². The molecule has 0 saturated heterocycles. The fourth-order valence-electron chi connectivity index (χ4n) is 3.34. The molecule has 3 aromatic carbocycles. The van der Waals surface area contributed by atoms with E-state index in [0.29, 0.717) is 27.3 Å². The van der Waals surface area contributed by atoms with Crippen LogP contribution in [0.5, 0.6) is 5.75 Å². The Kier molecular flexibility index (Phi) is 6.55. The summed E-state index contributed by atoms with van der Waals surface area (Å²) in [4.78, 5) is 30.5. The number of fused-ring (bicyclic) bond motifs is 1. The molecule has 0 aliphatic carbocycles. The Hall–Kier alpha value is -3.91. The molecule has 0 bridgehead atoms. The molecule has 0 atom stereocenters. The van der Waals surface area contributed by atoms with Crippen molar-refractivity contribution >= 4 is 34.3 Å². The number of para-hydroxylation sites is 2. The summed E-state index contributed by atoms with van der Waals surface area (Å²) in [7, 11) is 0. The standard InChI is InChI=1S/C25H22N4O3S/c1-16-8-3-6-13-22(16)29-24(32)20-11-4-5-12-21(20)26-25(29)33-15-23(31)28-27-17(2)18-9-7-10-19(30)14-18/h3-14,30H,15H2,1-2H3,(H,28,31). The van der Waals surface area contributed by atoms with E-state index in [4.69, 9.17) is 0 Å². The molecular weight excluding hydrogens is 436 g/mol. The Morgan fingerprint density at radius 1 is 1.09 bits per heavy atom. The first-order chi connectivity index (χ1) is 15.9. The highest BCUT2D eigenvalue weighted by Crippen LogP contribution is 2.23. The van der Waals surface area contributed by atoms with Crippen molar-refractivity contribution in [3.63, 3.8) is 0 Å². The molecule has 2 N–H and O–H groups in total. The lowest BCUT2D eigenvalue weighted by Gasteiger charge is -2.14. The number of aromatic hydroxyl groups is 1. The van der Waals surface area contributed by atoms with E-state index >= 15 is 0 Å². The predicted octanol–water partition coefficient (Wildman–Crippen LogP) is 4.03. The third kappa shape index (κ3) is 4.96. The van der Waals surface area contributed by atoms with Crippen LogP contribution in [-0.4, -0.2) is 32.0 Å². The molecule has 166 valence electrons. The number of nitrogens with zero attached hydrogens (tertiary/aromatic N) is 3. The zero-order valence-electron chi connectivity index (χ0n) is 18.1. The Bertz CT molecular complexity index is 1430. The normalized spacial score (nSPS) is 11.5. The van der Waals surface area contributed by atoms with Gasteiger partial charge in [-0.05, 0) is 49.7 Å². The van der Waals surface area contributed by atoms with Crippen LogP contribution in [0, 0.1) is 6.92 Å². The molecule has 4 rings (SSSR count). The number of hydrogen-bond donors (Lipinski definition) is 2. The van der Waals surface area contributed by atoms with Crippen LogP contribution in [0.25, 0.3) is 16.6 Å². The number of nitrogens with one attached hydrogen (secondary N) is 1. The second kappa shape index (κ2) is 9.70. The Morgan fingerprint density at radius 2 is 1.85 bits per heavy atom. The number of thioether (sulfide) groups is 1. The van der Waals surface area contributed by atoms with Crippen molar-refractivity contribution < 1.29 is 9.90 Å². The van der Waals surface area contributed by atoms with Crippen LogP contribution in [0.3, 0.4) is 0 Å². The van der Waals surface area contributed by atoms with Crippen molar-refractivity contribution in [3.05, 3.63) is 94.3 Å². The highest BCUT2D eigenvalue weighted by molar-refractivity contribution is 7.99. The highest BCUT2D eigenvalue weighted by atomic mass is 32.2. The van der Waals surface area contributed by atoms with Gasteiger partial charge in [-0.15, -0.1) is 0 Å². The molecule has 0 unspecified atom stereocenters. The van der Waals surface area contributed by atoms with Crippen LogP contribution in [0.4, 0.5) is 0 Å². The Balaban J connectivity index is 1.60. The summed E-state index contributed by atoms with van der Waals surface area (Å²) >= 11 is 1.17. The van der Waals surface area contributed by atoms with E-state index in [9.17, 15) is 14.7 Å². The number of carbonyl (C=O) groups excluding carboxylic acids is 1. The number of aromatic nitrogens is 2. The first-order valence-corrected chi connectivity index (χ1v) is 11.3. The van der Waals surface area contributed by atoms with Crippen LogP contribution in [0.15, 0.2) is 87.8 Å². The molecule has 1 heterocycles. The average Bonchev–Trinajstić information content (AvgIpc) is 2.82. The van der Waals surface area contributed by atoms with Gasteiger partial charge in [0.25, 0.3) is 11.5 Å². The van der Waals surface area contributed by atoms with Crippen LogP contribution < -0.4 is 11.0 Å². The summed E-state index contributed by atoms with van der Waals surface area (Å²) < 4.78 is 1.55. The number of benzene rings is 3. The van der Waals surface area contributed by atoms with Crippen LogP contribution >= 0.6 is 11.8 Å². The zero-order chi connectivity index (χ0) is 23.4. The average molecular weight is 459 g/mol. The second-order valence-electron chi connectivity index (χ2n) is 7.41. The third-order valence-corrected chi connectivity index (χ3v) is 5.98. The maximum Gasteiger partial charge on any atom is 0.266 e. The molecule has 0 aliphatic heterocycles. The van der Waals surface area contributed by atoms with Gasteiger partial charge in [0.1, 0.15) is 5.75 Å². The van der Waals surface area contributed by atoms with Crippen LogP contribution in [-0.2, 0) is 4.79 Å². The van der Waals surface area contributed by atoms with Gasteiger partial charge in [0.15, 0.2) is 5.16 Å². The molecule has 4 aromatic rings. The van der Waals surface area contributed by atoms with E-state index < -0.39 is 0 Å². The fourth-order valence-corrected chi connectivity index (χ4v) is 4.14. The number of phenols is 1. The molecule has 0 fully saturated rings. The van der Waals surface area contributed by atoms with E-state index in [1.165, 1.54) is 11.8 Å². The number of hydrogen-bond acceptors (Lipinski definition) is 6. The minimum atomic E-state index is -0.335. The van der Waals surface area contributed by atoms with Gasteiger partial charge < -0.3 is 5.11 Å². The van der Waals surface area contributed by atoms with Gasteiger partial charge in [-0.2, -0.15) is 5.10 Å². The lowest BCUT2D eigenvalue weighted by atomic mass is 10.1. The van der Waals surface area contributed by atoms with Gasteiger partial charge in [-0.1, -0.05) is 54.2 Å². The summed E-state index contributed by atoms with van der Waals surface area (Å²) in [5.41, 5.74) is 5.83. The van der Waals surface area contributed by atoms with E-state index in [0.717, 1.165) is 11.3 Å². The summed E-state index contributed by atoms with van der Waals surface area (Å²) in [6, 6.07) is 21.4. The molecule has 1 amide bonds. The van der Waals surface area contributed by atoms with Gasteiger partial charge >= 0.3 is 0 Å². The number of amides is 1. The van der Waals surface area contributed by atoms with Crippen molar-refractivity contribution in [2.45, 2.75) is 19.0 Å². The molecule has 8 heteroatoms. The van der Waals surface area contributed by atoms with E-state index in [2.05, 4.69) is 15.5 Å². The SMILES string of the molecule is CC(=NNC(=O)CSc1nc2ccccc2c(=O)n1-c1ccccc1C)c1cccc(O)c1. The first kappa shape index (κ1) is 22.3. The van der Waals surface area contributed by atoms with Gasteiger partial charge in [-0.25, -0.2) is 10.4 Å². The largest absolute Gasteiger partial charge is 0.508 e. The minimum Gasteiger partial charge on any atom is -0.508 e. The van der Waals surface area contributed by atoms with Crippen LogP contribution in [0.2, 0.25) is 0 Å². The van der Waals surface area contributed by atoms with Gasteiger partial charge in [0.2, 0.25) is 0 Å². The first-order valence-electron chi connectivity index (χ1n) is 10.3. The zero-order valence-corrected chi connectivity index (χ0v) is 19.0. The Morgan fingerprint density at radius 3 is 2.64 bits per heavy atom. The van der Waals surface area contributed by atoms with Crippen molar-refractivity contribution in [1.82, 2.24) is 15.0 Å². The molecule has 0 aliphatic rings. The maximum absolute atomic E-state index is 13.3. The number of carbonyl (C=O) groups is 1. The van der Waals surface area contributed by atoms with Gasteiger partial charge in [0.05, 0.1) is 28.1 Å². The van der Waals surface area contributed by atoms with E-state index in [1.807, 2.05) is 37.3 Å². The minimum absolute atomic E-state index is 0.0213. The lowest BCUT2D eigenvalue weighted by Crippen LogP contribution is -2.25. The monoisotopic (exact) mass is 458 g/mol. The van der Waals surface area contributed by atoms with Crippen molar-refractivity contribution in [2.75, 3.05) is 5.75 Å². The molecule has 0 saturated carbocycles. The van der Waals surface area contributed by atoms with Gasteiger partial charge in [-0.3, -0.25) is 14.2 Å². The fraction of sp³-hybridized carbons (Fsp3) is 0.120. The quantitative estimate of drug-likeness (QED) is 0.197. The smallest absolute Gasteiger partial charge is 0.266 e. The van der Waals surface area contributed by atoms with Crippen LogP contribution in [0.1, 0.15) is 18.1 Å². The van der Waals surface area contributed by atoms with Crippen molar-refractivity contribution in [3.8, 4) is 11.4 Å². The molecule has 1 aromatic heterocycles.